The first-order chi connectivity index (χ1) is 14.2. The van der Waals surface area contributed by atoms with Crippen molar-refractivity contribution in [1.82, 2.24) is 5.32 Å². The van der Waals surface area contributed by atoms with Gasteiger partial charge in [0.25, 0.3) is 0 Å². The van der Waals surface area contributed by atoms with Gasteiger partial charge in [-0.25, -0.2) is 4.79 Å². The molecule has 2 amide bonds. The normalized spacial score (nSPS) is 17.0. The number of carbonyl (C=O) groups excluding carboxylic acids is 3. The summed E-state index contributed by atoms with van der Waals surface area (Å²) >= 11 is 0. The molecule has 9 nitrogen and oxygen atoms in total. The standard InChI is InChI=1S/C21H30N2O7/c1-12(2)7-15(21(26)30-6)22-20(25)13-8-18(24)23(11-13)14-9-16(27-3)19(29-5)17(10-14)28-4/h9-10,12-13,15H,7-8,11H2,1-6H3,(H,22,25). The number of anilines is 1. The van der Waals surface area contributed by atoms with Gasteiger partial charge in [-0.3, -0.25) is 9.59 Å². The smallest absolute Gasteiger partial charge is 0.328 e. The van der Waals surface area contributed by atoms with Crippen LogP contribution >= 0.6 is 0 Å². The van der Waals surface area contributed by atoms with E-state index in [1.54, 1.807) is 12.1 Å². The predicted molar refractivity (Wildman–Crippen MR) is 110 cm³/mol. The summed E-state index contributed by atoms with van der Waals surface area (Å²) < 4.78 is 20.8. The number of esters is 1. The van der Waals surface area contributed by atoms with Crippen molar-refractivity contribution in [2.24, 2.45) is 11.8 Å². The van der Waals surface area contributed by atoms with Crippen LogP contribution < -0.4 is 24.4 Å². The van der Waals surface area contributed by atoms with Gasteiger partial charge in [0.2, 0.25) is 17.6 Å². The minimum Gasteiger partial charge on any atom is -0.493 e. The molecular weight excluding hydrogens is 392 g/mol. The summed E-state index contributed by atoms with van der Waals surface area (Å²) in [6, 6.07) is 2.58. The van der Waals surface area contributed by atoms with E-state index in [1.807, 2.05) is 13.8 Å². The van der Waals surface area contributed by atoms with Gasteiger partial charge in [-0.1, -0.05) is 13.8 Å². The molecule has 166 valence electrons. The molecular formula is C21H30N2O7. The second-order valence-corrected chi connectivity index (χ2v) is 7.50. The van der Waals surface area contributed by atoms with E-state index in [9.17, 15) is 14.4 Å². The number of ether oxygens (including phenoxy) is 4. The zero-order chi connectivity index (χ0) is 22.4. The van der Waals surface area contributed by atoms with E-state index in [-0.39, 0.29) is 30.7 Å². The predicted octanol–water partition coefficient (Wildman–Crippen LogP) is 1.77. The van der Waals surface area contributed by atoms with Crippen LogP contribution in [0.1, 0.15) is 26.7 Å². The maximum atomic E-state index is 12.8. The lowest BCUT2D eigenvalue weighted by Crippen LogP contribution is -2.45. The number of methoxy groups -OCH3 is 4. The van der Waals surface area contributed by atoms with Crippen LogP contribution in [0.2, 0.25) is 0 Å². The molecule has 2 unspecified atom stereocenters. The average Bonchev–Trinajstić information content (AvgIpc) is 3.12. The molecule has 9 heteroatoms. The van der Waals surface area contributed by atoms with Crippen molar-refractivity contribution in [1.29, 1.82) is 0 Å². The van der Waals surface area contributed by atoms with Gasteiger partial charge in [0, 0.05) is 25.1 Å². The first-order valence-corrected chi connectivity index (χ1v) is 9.74. The van der Waals surface area contributed by atoms with Gasteiger partial charge in [0.05, 0.1) is 40.0 Å². The first kappa shape index (κ1) is 23.3. The Hall–Kier alpha value is -2.97. The van der Waals surface area contributed by atoms with E-state index >= 15 is 0 Å². The minimum absolute atomic E-state index is 0.0397. The number of amides is 2. The molecule has 1 aromatic carbocycles. The second-order valence-electron chi connectivity index (χ2n) is 7.50. The maximum Gasteiger partial charge on any atom is 0.328 e. The molecule has 0 saturated carbocycles. The Morgan fingerprint density at radius 2 is 1.70 bits per heavy atom. The number of rotatable bonds is 9. The minimum atomic E-state index is -0.743. The number of nitrogens with zero attached hydrogens (tertiary/aromatic N) is 1. The SMILES string of the molecule is COC(=O)C(CC(C)C)NC(=O)C1CC(=O)N(c2cc(OC)c(OC)c(OC)c2)C1. The van der Waals surface area contributed by atoms with E-state index in [2.05, 4.69) is 5.32 Å². The molecule has 0 spiro atoms. The average molecular weight is 422 g/mol. The molecule has 2 rings (SSSR count). The van der Waals surface area contributed by atoms with E-state index in [1.165, 1.54) is 33.3 Å². The Bertz CT molecular complexity index is 769. The van der Waals surface area contributed by atoms with E-state index in [0.717, 1.165) is 0 Å². The largest absolute Gasteiger partial charge is 0.493 e. The van der Waals surface area contributed by atoms with Gasteiger partial charge in [-0.2, -0.15) is 0 Å². The molecule has 0 radical (unpaired) electrons. The summed E-state index contributed by atoms with van der Waals surface area (Å²) in [5.74, 6) is -0.212. The van der Waals surface area contributed by atoms with Crippen LogP contribution in [0.25, 0.3) is 0 Å². The molecule has 0 aliphatic carbocycles. The van der Waals surface area contributed by atoms with Crippen molar-refractivity contribution >= 4 is 23.5 Å². The van der Waals surface area contributed by atoms with Crippen LogP contribution in [0.15, 0.2) is 12.1 Å². The number of nitrogens with one attached hydrogen (secondary N) is 1. The maximum absolute atomic E-state index is 12.8. The van der Waals surface area contributed by atoms with E-state index < -0.39 is 17.9 Å². The topological polar surface area (TPSA) is 103 Å². The van der Waals surface area contributed by atoms with Gasteiger partial charge in [-0.05, 0) is 12.3 Å². The number of hydrogen-bond acceptors (Lipinski definition) is 7. The van der Waals surface area contributed by atoms with Crippen molar-refractivity contribution < 1.29 is 33.3 Å². The van der Waals surface area contributed by atoms with E-state index in [4.69, 9.17) is 18.9 Å². The highest BCUT2D eigenvalue weighted by Gasteiger charge is 2.37. The van der Waals surface area contributed by atoms with Crippen LogP contribution in [0, 0.1) is 11.8 Å². The summed E-state index contributed by atoms with van der Waals surface area (Å²) in [6.07, 6.45) is 0.494. The number of carbonyl (C=O) groups is 3. The molecule has 1 aliphatic rings. The van der Waals surface area contributed by atoms with Crippen molar-refractivity contribution in [3.63, 3.8) is 0 Å². The molecule has 1 heterocycles. The quantitative estimate of drug-likeness (QED) is 0.605. The van der Waals surface area contributed by atoms with Crippen molar-refractivity contribution in [2.45, 2.75) is 32.7 Å². The highest BCUT2D eigenvalue weighted by atomic mass is 16.5. The lowest BCUT2D eigenvalue weighted by molar-refractivity contribution is -0.146. The third kappa shape index (κ3) is 5.14. The van der Waals surface area contributed by atoms with Crippen LogP contribution in [0.5, 0.6) is 17.2 Å². The van der Waals surface area contributed by atoms with Crippen LogP contribution in [0.4, 0.5) is 5.69 Å². The van der Waals surface area contributed by atoms with E-state index in [0.29, 0.717) is 29.4 Å². The fourth-order valence-corrected chi connectivity index (χ4v) is 3.47. The molecule has 1 aliphatic heterocycles. The molecule has 2 atom stereocenters. The Labute approximate surface area is 176 Å². The van der Waals surface area contributed by atoms with Gasteiger partial charge in [0.1, 0.15) is 6.04 Å². The Morgan fingerprint density at radius 3 is 2.17 bits per heavy atom. The summed E-state index contributed by atoms with van der Waals surface area (Å²) in [6.45, 7) is 4.08. The molecule has 1 fully saturated rings. The molecule has 0 bridgehead atoms. The molecule has 30 heavy (non-hydrogen) atoms. The highest BCUT2D eigenvalue weighted by molar-refractivity contribution is 6.01. The zero-order valence-electron chi connectivity index (χ0n) is 18.3. The van der Waals surface area contributed by atoms with Crippen molar-refractivity contribution in [3.05, 3.63) is 12.1 Å². The summed E-state index contributed by atoms with van der Waals surface area (Å²) in [4.78, 5) is 38.9. The number of benzene rings is 1. The number of hydrogen-bond donors (Lipinski definition) is 1. The molecule has 0 aromatic heterocycles. The summed E-state index contributed by atoms with van der Waals surface area (Å²) in [5.41, 5.74) is 0.538. The van der Waals surface area contributed by atoms with Crippen LogP contribution in [-0.2, 0) is 19.1 Å². The van der Waals surface area contributed by atoms with Gasteiger partial charge >= 0.3 is 5.97 Å². The lowest BCUT2D eigenvalue weighted by atomic mass is 10.0. The summed E-state index contributed by atoms with van der Waals surface area (Å²) in [5, 5.41) is 2.74. The van der Waals surface area contributed by atoms with Crippen molar-refractivity contribution in [3.8, 4) is 17.2 Å². The monoisotopic (exact) mass is 422 g/mol. The van der Waals surface area contributed by atoms with Crippen LogP contribution in [-0.4, -0.2) is 58.8 Å². The molecule has 1 N–H and O–H groups in total. The Kier molecular flexibility index (Phi) is 7.91. The zero-order valence-corrected chi connectivity index (χ0v) is 18.3. The second kappa shape index (κ2) is 10.2. The van der Waals surface area contributed by atoms with Gasteiger partial charge < -0.3 is 29.2 Å². The Morgan fingerprint density at radius 1 is 1.10 bits per heavy atom. The summed E-state index contributed by atoms with van der Waals surface area (Å²) in [7, 11) is 5.76. The van der Waals surface area contributed by atoms with Crippen LogP contribution in [0.3, 0.4) is 0 Å². The first-order valence-electron chi connectivity index (χ1n) is 9.74. The highest BCUT2D eigenvalue weighted by Crippen LogP contribution is 2.42. The van der Waals surface area contributed by atoms with Crippen molar-refractivity contribution in [2.75, 3.05) is 39.9 Å². The van der Waals surface area contributed by atoms with Gasteiger partial charge in [-0.15, -0.1) is 0 Å². The lowest BCUT2D eigenvalue weighted by Gasteiger charge is -2.22. The Balaban J connectivity index is 2.20. The third-order valence-corrected chi connectivity index (χ3v) is 4.97. The fraction of sp³-hybridized carbons (Fsp3) is 0.571. The third-order valence-electron chi connectivity index (χ3n) is 4.97. The molecule has 1 aromatic rings. The molecule has 1 saturated heterocycles. The van der Waals surface area contributed by atoms with Gasteiger partial charge in [0.15, 0.2) is 11.5 Å². The fourth-order valence-electron chi connectivity index (χ4n) is 3.47.